The van der Waals surface area contributed by atoms with Crippen LogP contribution in [0.25, 0.3) is 11.1 Å². The number of rotatable bonds is 8. The van der Waals surface area contributed by atoms with Crippen molar-refractivity contribution in [1.29, 1.82) is 0 Å². The monoisotopic (exact) mass is 406 g/mol. The average Bonchev–Trinajstić information content (AvgIpc) is 2.72. The van der Waals surface area contributed by atoms with Crippen LogP contribution >= 0.6 is 0 Å². The van der Waals surface area contributed by atoms with Crippen molar-refractivity contribution >= 4 is 0 Å². The maximum Gasteiger partial charge on any atom is 0.201 e. The normalized spacial score (nSPS) is 15.9. The van der Waals surface area contributed by atoms with Crippen LogP contribution in [0.2, 0.25) is 0 Å². The van der Waals surface area contributed by atoms with Gasteiger partial charge in [-0.2, -0.15) is 4.39 Å². The Bertz CT molecular complexity index is 824. The van der Waals surface area contributed by atoms with Gasteiger partial charge < -0.3 is 9.47 Å². The van der Waals surface area contributed by atoms with Crippen LogP contribution in [0, 0.1) is 22.9 Å². The molecule has 0 unspecified atom stereocenters. The van der Waals surface area contributed by atoms with Crippen molar-refractivity contribution in [1.82, 2.24) is 0 Å². The zero-order chi connectivity index (χ0) is 20.9. The maximum absolute atomic E-state index is 14.7. The molecule has 0 amide bonds. The molecule has 0 atom stereocenters. The highest BCUT2D eigenvalue weighted by Crippen LogP contribution is 2.41. The van der Waals surface area contributed by atoms with E-state index < -0.39 is 17.5 Å². The Morgan fingerprint density at radius 1 is 0.862 bits per heavy atom. The molecule has 1 fully saturated rings. The second-order valence-electron chi connectivity index (χ2n) is 7.92. The van der Waals surface area contributed by atoms with E-state index in [-0.39, 0.29) is 34.6 Å². The van der Waals surface area contributed by atoms with E-state index in [9.17, 15) is 13.2 Å². The summed E-state index contributed by atoms with van der Waals surface area (Å²) in [5.41, 5.74) is 0.365. The summed E-state index contributed by atoms with van der Waals surface area (Å²) in [7, 11) is 0. The Kier molecular flexibility index (Phi) is 7.09. The van der Waals surface area contributed by atoms with Crippen LogP contribution in [0.15, 0.2) is 30.3 Å². The summed E-state index contributed by atoms with van der Waals surface area (Å²) < 4.78 is 54.2. The van der Waals surface area contributed by atoms with E-state index in [1.54, 1.807) is 13.0 Å². The van der Waals surface area contributed by atoms with Crippen LogP contribution in [-0.2, 0) is 0 Å². The third-order valence-electron chi connectivity index (χ3n) is 5.82. The van der Waals surface area contributed by atoms with E-state index in [0.29, 0.717) is 6.61 Å². The number of hydrogen-bond acceptors (Lipinski definition) is 2. The first-order chi connectivity index (χ1) is 14.0. The molecule has 158 valence electrons. The van der Waals surface area contributed by atoms with Gasteiger partial charge in [-0.1, -0.05) is 38.7 Å². The first-order valence-electron chi connectivity index (χ1n) is 10.5. The third-order valence-corrected chi connectivity index (χ3v) is 5.82. The summed E-state index contributed by atoms with van der Waals surface area (Å²) in [6, 6.07) is 7.01. The van der Waals surface area contributed by atoms with Gasteiger partial charge in [-0.25, -0.2) is 8.78 Å². The fourth-order valence-corrected chi connectivity index (χ4v) is 4.34. The number of ether oxygens (including phenoxy) is 2. The molecule has 2 nitrogen and oxygen atoms in total. The van der Waals surface area contributed by atoms with E-state index in [1.807, 2.05) is 0 Å². The maximum atomic E-state index is 14.7. The zero-order valence-corrected chi connectivity index (χ0v) is 17.2. The number of benzene rings is 2. The molecule has 0 aliphatic heterocycles. The quantitative estimate of drug-likeness (QED) is 0.458. The minimum absolute atomic E-state index is 0.00821. The second-order valence-corrected chi connectivity index (χ2v) is 7.92. The molecule has 2 aromatic rings. The summed E-state index contributed by atoms with van der Waals surface area (Å²) in [6.45, 7) is 4.58. The van der Waals surface area contributed by atoms with Crippen molar-refractivity contribution in [2.45, 2.75) is 58.8 Å². The van der Waals surface area contributed by atoms with Gasteiger partial charge in [-0.3, -0.25) is 0 Å². The number of halogens is 3. The van der Waals surface area contributed by atoms with Crippen LogP contribution in [0.1, 0.15) is 58.8 Å². The molecule has 1 saturated carbocycles. The van der Waals surface area contributed by atoms with Crippen molar-refractivity contribution in [2.24, 2.45) is 5.41 Å². The lowest BCUT2D eigenvalue weighted by Gasteiger charge is -2.37. The summed E-state index contributed by atoms with van der Waals surface area (Å²) in [6.07, 6.45) is 7.99. The van der Waals surface area contributed by atoms with E-state index in [2.05, 4.69) is 6.92 Å². The molecule has 0 radical (unpaired) electrons. The van der Waals surface area contributed by atoms with Crippen molar-refractivity contribution in [3.8, 4) is 22.6 Å². The third kappa shape index (κ3) is 4.88. The zero-order valence-electron chi connectivity index (χ0n) is 17.2. The molecule has 0 spiro atoms. The Balaban J connectivity index is 1.77. The molecule has 29 heavy (non-hydrogen) atoms. The van der Waals surface area contributed by atoms with Gasteiger partial charge >= 0.3 is 0 Å². The fourth-order valence-electron chi connectivity index (χ4n) is 4.34. The first kappa shape index (κ1) is 21.5. The van der Waals surface area contributed by atoms with Gasteiger partial charge in [0.2, 0.25) is 5.82 Å². The molecule has 3 rings (SSSR count). The van der Waals surface area contributed by atoms with Crippen molar-refractivity contribution in [3.63, 3.8) is 0 Å². The van der Waals surface area contributed by atoms with Crippen LogP contribution in [-0.4, -0.2) is 13.2 Å². The predicted octanol–water partition coefficient (Wildman–Crippen LogP) is 7.30. The molecule has 0 N–H and O–H groups in total. The van der Waals surface area contributed by atoms with E-state index in [0.717, 1.165) is 25.7 Å². The lowest BCUT2D eigenvalue weighted by molar-refractivity contribution is 0.0841. The van der Waals surface area contributed by atoms with E-state index in [1.165, 1.54) is 43.5 Å². The molecule has 0 bridgehead atoms. The van der Waals surface area contributed by atoms with Gasteiger partial charge in [0.05, 0.1) is 13.2 Å². The van der Waals surface area contributed by atoms with Crippen LogP contribution in [0.3, 0.4) is 0 Å². The average molecular weight is 406 g/mol. The Morgan fingerprint density at radius 2 is 1.59 bits per heavy atom. The highest BCUT2D eigenvalue weighted by atomic mass is 19.2. The lowest BCUT2D eigenvalue weighted by Crippen LogP contribution is -2.31. The Morgan fingerprint density at radius 3 is 2.24 bits per heavy atom. The number of hydrogen-bond donors (Lipinski definition) is 0. The van der Waals surface area contributed by atoms with Gasteiger partial charge in [0.1, 0.15) is 0 Å². The highest BCUT2D eigenvalue weighted by Gasteiger charge is 2.32. The van der Waals surface area contributed by atoms with Gasteiger partial charge in [-0.15, -0.1) is 0 Å². The molecule has 1 aliphatic rings. The summed E-state index contributed by atoms with van der Waals surface area (Å²) in [5, 5.41) is 0. The molecule has 1 aliphatic carbocycles. The summed E-state index contributed by atoms with van der Waals surface area (Å²) in [5.74, 6) is -2.68. The van der Waals surface area contributed by atoms with E-state index >= 15 is 0 Å². The highest BCUT2D eigenvalue weighted by molar-refractivity contribution is 5.66. The van der Waals surface area contributed by atoms with Crippen molar-refractivity contribution in [2.75, 3.05) is 13.2 Å². The topological polar surface area (TPSA) is 18.5 Å². The Labute approximate surface area is 171 Å². The second kappa shape index (κ2) is 9.55. The molecule has 0 aromatic heterocycles. The predicted molar refractivity (Wildman–Crippen MR) is 109 cm³/mol. The summed E-state index contributed by atoms with van der Waals surface area (Å²) in [4.78, 5) is 0. The van der Waals surface area contributed by atoms with Crippen LogP contribution in [0.4, 0.5) is 13.2 Å². The molecular formula is C24H29F3O2. The smallest absolute Gasteiger partial charge is 0.201 e. The van der Waals surface area contributed by atoms with Gasteiger partial charge in [0, 0.05) is 11.0 Å². The molecule has 0 heterocycles. The van der Waals surface area contributed by atoms with Crippen molar-refractivity contribution < 1.29 is 22.6 Å². The lowest BCUT2D eigenvalue weighted by atomic mass is 9.72. The van der Waals surface area contributed by atoms with Crippen LogP contribution in [0.5, 0.6) is 11.5 Å². The van der Waals surface area contributed by atoms with Crippen molar-refractivity contribution in [3.05, 3.63) is 47.8 Å². The molecule has 0 saturated heterocycles. The minimum atomic E-state index is -1.07. The van der Waals surface area contributed by atoms with Crippen LogP contribution < -0.4 is 9.47 Å². The minimum Gasteiger partial charge on any atom is -0.491 e. The van der Waals surface area contributed by atoms with Gasteiger partial charge in [0.25, 0.3) is 0 Å². The molecular weight excluding hydrogens is 377 g/mol. The largest absolute Gasteiger partial charge is 0.491 e. The summed E-state index contributed by atoms with van der Waals surface area (Å²) >= 11 is 0. The molecule has 2 aromatic carbocycles. The standard InChI is InChI=1S/C24H29F3O2/c1-3-12-24(13-6-5-7-14-24)16-29-20-10-8-17(15-19(20)25)18-9-11-21(28-4-2)23(27)22(18)26/h8-11,15H,3-7,12-14,16H2,1-2H3. The molecule has 5 heteroatoms. The van der Waals surface area contributed by atoms with Gasteiger partial charge in [0.15, 0.2) is 23.1 Å². The fraction of sp³-hybridized carbons (Fsp3) is 0.500. The SMILES string of the molecule is CCCC1(COc2ccc(-c3ccc(OCC)c(F)c3F)cc2F)CCCCC1. The Hall–Kier alpha value is -2.17. The van der Waals surface area contributed by atoms with Gasteiger partial charge in [-0.05, 0) is 56.0 Å². The van der Waals surface area contributed by atoms with E-state index in [4.69, 9.17) is 9.47 Å². The first-order valence-corrected chi connectivity index (χ1v) is 10.5.